The van der Waals surface area contributed by atoms with Gasteiger partial charge in [-0.1, -0.05) is 12.1 Å². The standard InChI is InChI=1S/C15H17N3O/c1-11-16-8-9-18(11)14-6-2-12(3-7-14)10-17-15(19)13-4-5-13/h2-3,6-9,13H,4-5,10H2,1H3,(H,17,19). The van der Waals surface area contributed by atoms with E-state index in [0.29, 0.717) is 6.54 Å². The molecule has 1 fully saturated rings. The lowest BCUT2D eigenvalue weighted by molar-refractivity contribution is -0.122. The Morgan fingerprint density at radius 3 is 2.68 bits per heavy atom. The van der Waals surface area contributed by atoms with E-state index >= 15 is 0 Å². The van der Waals surface area contributed by atoms with Crippen LogP contribution in [0.5, 0.6) is 0 Å². The minimum atomic E-state index is 0.189. The molecule has 4 heteroatoms. The molecule has 2 aromatic rings. The maximum absolute atomic E-state index is 11.6. The van der Waals surface area contributed by atoms with Gasteiger partial charge in [0, 0.05) is 30.5 Å². The van der Waals surface area contributed by atoms with Gasteiger partial charge in [0.25, 0.3) is 0 Å². The van der Waals surface area contributed by atoms with Gasteiger partial charge in [-0.2, -0.15) is 0 Å². The number of hydrogen-bond acceptors (Lipinski definition) is 2. The fraction of sp³-hybridized carbons (Fsp3) is 0.333. The van der Waals surface area contributed by atoms with Gasteiger partial charge in [0.1, 0.15) is 5.82 Å². The molecule has 1 amide bonds. The van der Waals surface area contributed by atoms with Crippen molar-refractivity contribution in [3.8, 4) is 5.69 Å². The number of imidazole rings is 1. The molecule has 1 N–H and O–H groups in total. The van der Waals surface area contributed by atoms with Crippen LogP contribution in [0.4, 0.5) is 0 Å². The summed E-state index contributed by atoms with van der Waals surface area (Å²) in [4.78, 5) is 15.8. The van der Waals surface area contributed by atoms with Gasteiger partial charge in [-0.25, -0.2) is 4.98 Å². The zero-order chi connectivity index (χ0) is 13.2. The molecule has 1 aromatic carbocycles. The van der Waals surface area contributed by atoms with E-state index in [-0.39, 0.29) is 11.8 Å². The first-order chi connectivity index (χ1) is 9.24. The third-order valence-corrected chi connectivity index (χ3v) is 3.46. The number of aromatic nitrogens is 2. The molecule has 0 saturated heterocycles. The molecule has 0 spiro atoms. The third kappa shape index (κ3) is 2.67. The molecule has 19 heavy (non-hydrogen) atoms. The Bertz CT molecular complexity index is 582. The SMILES string of the molecule is Cc1nccn1-c1ccc(CNC(=O)C2CC2)cc1. The maximum atomic E-state index is 11.6. The van der Waals surface area contributed by atoms with Gasteiger partial charge in [0.15, 0.2) is 0 Å². The summed E-state index contributed by atoms with van der Waals surface area (Å²) in [6, 6.07) is 8.19. The molecule has 1 saturated carbocycles. The zero-order valence-corrected chi connectivity index (χ0v) is 11.0. The molecule has 3 rings (SSSR count). The highest BCUT2D eigenvalue weighted by Gasteiger charge is 2.29. The first-order valence-electron chi connectivity index (χ1n) is 6.61. The molecule has 0 aliphatic heterocycles. The number of amides is 1. The Hall–Kier alpha value is -2.10. The van der Waals surface area contributed by atoms with E-state index in [2.05, 4.69) is 10.3 Å². The lowest BCUT2D eigenvalue weighted by Gasteiger charge is -2.07. The summed E-state index contributed by atoms with van der Waals surface area (Å²) in [5.41, 5.74) is 2.21. The second kappa shape index (κ2) is 4.88. The van der Waals surface area contributed by atoms with E-state index in [1.165, 1.54) is 0 Å². The number of nitrogens with one attached hydrogen (secondary N) is 1. The molecule has 1 aliphatic rings. The fourth-order valence-corrected chi connectivity index (χ4v) is 2.10. The van der Waals surface area contributed by atoms with Gasteiger partial charge in [-0.3, -0.25) is 4.79 Å². The van der Waals surface area contributed by atoms with Crippen molar-refractivity contribution in [2.24, 2.45) is 5.92 Å². The van der Waals surface area contributed by atoms with E-state index in [9.17, 15) is 4.79 Å². The van der Waals surface area contributed by atoms with E-state index in [0.717, 1.165) is 29.9 Å². The maximum Gasteiger partial charge on any atom is 0.223 e. The molecule has 0 unspecified atom stereocenters. The molecule has 0 radical (unpaired) electrons. The average molecular weight is 255 g/mol. The molecule has 1 heterocycles. The summed E-state index contributed by atoms with van der Waals surface area (Å²) in [5, 5.41) is 2.97. The monoisotopic (exact) mass is 255 g/mol. The fourth-order valence-electron chi connectivity index (χ4n) is 2.10. The lowest BCUT2D eigenvalue weighted by Crippen LogP contribution is -2.24. The van der Waals surface area contributed by atoms with Crippen LogP contribution in [0.25, 0.3) is 5.69 Å². The van der Waals surface area contributed by atoms with Crippen LogP contribution in [0.1, 0.15) is 24.2 Å². The summed E-state index contributed by atoms with van der Waals surface area (Å²) in [7, 11) is 0. The Balaban J connectivity index is 1.65. The quantitative estimate of drug-likeness (QED) is 0.910. The molecule has 0 bridgehead atoms. The van der Waals surface area contributed by atoms with Crippen LogP contribution in [0, 0.1) is 12.8 Å². The van der Waals surface area contributed by atoms with Gasteiger partial charge >= 0.3 is 0 Å². The summed E-state index contributed by atoms with van der Waals surface area (Å²) in [5.74, 6) is 1.43. The van der Waals surface area contributed by atoms with Crippen LogP contribution in [0.3, 0.4) is 0 Å². The zero-order valence-electron chi connectivity index (χ0n) is 11.0. The topological polar surface area (TPSA) is 46.9 Å². The smallest absolute Gasteiger partial charge is 0.223 e. The highest BCUT2D eigenvalue weighted by atomic mass is 16.2. The number of benzene rings is 1. The van der Waals surface area contributed by atoms with Crippen molar-refractivity contribution >= 4 is 5.91 Å². The van der Waals surface area contributed by atoms with Gasteiger partial charge < -0.3 is 9.88 Å². The molecule has 1 aromatic heterocycles. The van der Waals surface area contributed by atoms with Gasteiger partial charge in [-0.15, -0.1) is 0 Å². The predicted molar refractivity (Wildman–Crippen MR) is 72.9 cm³/mol. The Kier molecular flexibility index (Phi) is 3.07. The second-order valence-corrected chi connectivity index (χ2v) is 5.00. The largest absolute Gasteiger partial charge is 0.352 e. The Morgan fingerprint density at radius 2 is 2.11 bits per heavy atom. The first-order valence-corrected chi connectivity index (χ1v) is 6.61. The van der Waals surface area contributed by atoms with Crippen molar-refractivity contribution in [3.05, 3.63) is 48.0 Å². The number of carbonyl (C=O) groups excluding carboxylic acids is 1. The van der Waals surface area contributed by atoms with Crippen LogP contribution in [-0.4, -0.2) is 15.5 Å². The van der Waals surface area contributed by atoms with Gasteiger partial charge in [0.2, 0.25) is 5.91 Å². The summed E-state index contributed by atoms with van der Waals surface area (Å²) in [6.07, 6.45) is 5.83. The molecular formula is C15H17N3O. The normalized spacial score (nSPS) is 14.4. The van der Waals surface area contributed by atoms with Crippen LogP contribution in [0.15, 0.2) is 36.7 Å². The molecule has 98 valence electrons. The summed E-state index contributed by atoms with van der Waals surface area (Å²) >= 11 is 0. The van der Waals surface area contributed by atoms with Gasteiger partial charge in [-0.05, 0) is 37.5 Å². The van der Waals surface area contributed by atoms with Crippen molar-refractivity contribution in [2.75, 3.05) is 0 Å². The van der Waals surface area contributed by atoms with Crippen LogP contribution in [0.2, 0.25) is 0 Å². The van der Waals surface area contributed by atoms with E-state index in [1.54, 1.807) is 6.20 Å². The highest BCUT2D eigenvalue weighted by molar-refractivity contribution is 5.80. The summed E-state index contributed by atoms with van der Waals surface area (Å²) < 4.78 is 2.03. The molecule has 4 nitrogen and oxygen atoms in total. The number of hydrogen-bond donors (Lipinski definition) is 1. The minimum Gasteiger partial charge on any atom is -0.352 e. The van der Waals surface area contributed by atoms with E-state index in [1.807, 2.05) is 42.0 Å². The van der Waals surface area contributed by atoms with E-state index in [4.69, 9.17) is 0 Å². The number of aryl methyl sites for hydroxylation is 1. The average Bonchev–Trinajstić information content (AvgIpc) is 3.19. The molecular weight excluding hydrogens is 238 g/mol. The van der Waals surface area contributed by atoms with Crippen LogP contribution < -0.4 is 5.32 Å². The third-order valence-electron chi connectivity index (χ3n) is 3.46. The Labute approximate surface area is 112 Å². The van der Waals surface area contributed by atoms with Crippen molar-refractivity contribution in [3.63, 3.8) is 0 Å². The number of nitrogens with zero attached hydrogens (tertiary/aromatic N) is 2. The van der Waals surface area contributed by atoms with Crippen LogP contribution >= 0.6 is 0 Å². The van der Waals surface area contributed by atoms with Gasteiger partial charge in [0.05, 0.1) is 0 Å². The van der Waals surface area contributed by atoms with Crippen LogP contribution in [-0.2, 0) is 11.3 Å². The second-order valence-electron chi connectivity index (χ2n) is 5.00. The minimum absolute atomic E-state index is 0.189. The highest BCUT2D eigenvalue weighted by Crippen LogP contribution is 2.28. The number of rotatable bonds is 4. The lowest BCUT2D eigenvalue weighted by atomic mass is 10.2. The van der Waals surface area contributed by atoms with Crippen molar-refractivity contribution in [1.29, 1.82) is 0 Å². The van der Waals surface area contributed by atoms with Crippen molar-refractivity contribution < 1.29 is 4.79 Å². The van der Waals surface area contributed by atoms with Crippen molar-refractivity contribution in [1.82, 2.24) is 14.9 Å². The number of carbonyl (C=O) groups is 1. The van der Waals surface area contributed by atoms with E-state index < -0.39 is 0 Å². The molecule has 0 atom stereocenters. The predicted octanol–water partition coefficient (Wildman–Crippen LogP) is 2.21. The Morgan fingerprint density at radius 1 is 1.37 bits per heavy atom. The van der Waals surface area contributed by atoms with Crippen molar-refractivity contribution in [2.45, 2.75) is 26.3 Å². The molecule has 1 aliphatic carbocycles. The first kappa shape index (κ1) is 12.0. The summed E-state index contributed by atoms with van der Waals surface area (Å²) in [6.45, 7) is 2.59.